The van der Waals surface area contributed by atoms with Gasteiger partial charge in [-0.1, -0.05) is 45.9 Å². The van der Waals surface area contributed by atoms with E-state index in [1.54, 1.807) is 40.6 Å². The van der Waals surface area contributed by atoms with Crippen LogP contribution in [0.4, 0.5) is 0 Å². The van der Waals surface area contributed by atoms with Crippen molar-refractivity contribution in [3.8, 4) is 5.75 Å². The zero-order valence-corrected chi connectivity index (χ0v) is 18.3. The third kappa shape index (κ3) is 7.00. The molecule has 1 atom stereocenters. The Balaban J connectivity index is 2.06. The molecule has 2 aromatic carbocycles. The van der Waals surface area contributed by atoms with Gasteiger partial charge in [-0.2, -0.15) is 0 Å². The lowest BCUT2D eigenvalue weighted by atomic mass is 10.1. The number of rotatable bonds is 10. The predicted molar refractivity (Wildman–Crippen MR) is 120 cm³/mol. The summed E-state index contributed by atoms with van der Waals surface area (Å²) in [6.07, 6.45) is 1.99. The van der Waals surface area contributed by atoms with E-state index in [0.29, 0.717) is 23.4 Å². The highest BCUT2D eigenvalue weighted by Crippen LogP contribution is 2.21. The second-order valence-electron chi connectivity index (χ2n) is 5.88. The van der Waals surface area contributed by atoms with Crippen LogP contribution in [0.3, 0.4) is 0 Å². The lowest BCUT2D eigenvalue weighted by Crippen LogP contribution is -2.48. The van der Waals surface area contributed by atoms with Crippen LogP contribution < -0.4 is 10.6 Å². The minimum Gasteiger partial charge on any atom is -0.508 e. The highest BCUT2D eigenvalue weighted by atomic mass is 33.1. The number of aromatic hydroxyl groups is 1. The number of nitrogens with one attached hydrogen (secondary N) is 2. The average molecular weight is 437 g/mol. The monoisotopic (exact) mass is 436 g/mol. The molecule has 0 unspecified atom stereocenters. The number of benzene rings is 2. The molecule has 2 aromatic rings. The van der Waals surface area contributed by atoms with Crippen LogP contribution in [0.2, 0.25) is 0 Å². The Labute approximate surface area is 177 Å². The largest absolute Gasteiger partial charge is 0.508 e. The molecule has 0 saturated carbocycles. The van der Waals surface area contributed by atoms with E-state index >= 15 is 0 Å². The fourth-order valence-electron chi connectivity index (χ4n) is 2.41. The van der Waals surface area contributed by atoms with Gasteiger partial charge < -0.3 is 15.7 Å². The van der Waals surface area contributed by atoms with Gasteiger partial charge in [0.1, 0.15) is 11.8 Å². The highest BCUT2D eigenvalue weighted by Gasteiger charge is 2.22. The van der Waals surface area contributed by atoms with E-state index in [9.17, 15) is 14.7 Å². The smallest absolute Gasteiger partial charge is 0.252 e. The summed E-state index contributed by atoms with van der Waals surface area (Å²) < 4.78 is 0. The normalized spacial score (nSPS) is 11.6. The maximum atomic E-state index is 12.7. The minimum atomic E-state index is -0.682. The van der Waals surface area contributed by atoms with Crippen LogP contribution in [0, 0.1) is 6.92 Å². The van der Waals surface area contributed by atoms with E-state index in [-0.39, 0.29) is 17.6 Å². The summed E-state index contributed by atoms with van der Waals surface area (Å²) in [6, 6.07) is 13.8. The number of hydrogen-bond donors (Lipinski definition) is 3. The van der Waals surface area contributed by atoms with Crippen LogP contribution in [0.15, 0.2) is 53.4 Å². The maximum Gasteiger partial charge on any atom is 0.252 e. The number of phenols is 1. The first-order valence-corrected chi connectivity index (χ1v) is 12.4. The lowest BCUT2D eigenvalue weighted by Gasteiger charge is -2.19. The van der Waals surface area contributed by atoms with E-state index in [0.717, 1.165) is 10.6 Å². The summed E-state index contributed by atoms with van der Waals surface area (Å²) in [5, 5.41) is 15.5. The highest BCUT2D eigenvalue weighted by molar-refractivity contribution is 8.76. The Hall–Kier alpha value is -1.77. The molecule has 8 heteroatoms. The van der Waals surface area contributed by atoms with Crippen molar-refractivity contribution in [2.75, 3.05) is 24.3 Å². The van der Waals surface area contributed by atoms with Gasteiger partial charge in [-0.05, 0) is 37.4 Å². The van der Waals surface area contributed by atoms with Gasteiger partial charge in [0.05, 0.1) is 0 Å². The zero-order valence-electron chi connectivity index (χ0n) is 15.8. The number of amides is 2. The van der Waals surface area contributed by atoms with Gasteiger partial charge in [-0.25, -0.2) is 0 Å². The topological polar surface area (TPSA) is 78.4 Å². The fourth-order valence-corrected chi connectivity index (χ4v) is 4.45. The van der Waals surface area contributed by atoms with Crippen molar-refractivity contribution in [3.05, 3.63) is 59.7 Å². The molecule has 3 N–H and O–H groups in total. The predicted octanol–water partition coefficient (Wildman–Crippen LogP) is 3.72. The molecule has 0 aliphatic carbocycles. The van der Waals surface area contributed by atoms with Crippen molar-refractivity contribution in [1.29, 1.82) is 0 Å². The summed E-state index contributed by atoms with van der Waals surface area (Å²) in [7, 11) is 3.32. The first-order chi connectivity index (χ1) is 13.5. The molecule has 150 valence electrons. The molecule has 0 radical (unpaired) electrons. The van der Waals surface area contributed by atoms with Crippen molar-refractivity contribution in [2.24, 2.45) is 0 Å². The van der Waals surface area contributed by atoms with Gasteiger partial charge in [0.2, 0.25) is 5.91 Å². The zero-order chi connectivity index (χ0) is 20.4. The lowest BCUT2D eigenvalue weighted by molar-refractivity contribution is -0.122. The van der Waals surface area contributed by atoms with Crippen LogP contribution in [-0.4, -0.2) is 47.3 Å². The molecular weight excluding hydrogens is 412 g/mol. The molecule has 0 heterocycles. The molecule has 5 nitrogen and oxygen atoms in total. The van der Waals surface area contributed by atoms with Gasteiger partial charge in [-0.15, -0.1) is 11.8 Å². The third-order valence-electron chi connectivity index (χ3n) is 3.93. The number of carbonyl (C=O) groups excluding carboxylic acids is 2. The Morgan fingerprint density at radius 2 is 1.86 bits per heavy atom. The molecule has 0 bridgehead atoms. The number of phenolic OH excluding ortho intramolecular Hbond substituents is 1. The summed E-state index contributed by atoms with van der Waals surface area (Å²) in [5.74, 6) is 0.679. The summed E-state index contributed by atoms with van der Waals surface area (Å²) in [5.41, 5.74) is 0.853. The van der Waals surface area contributed by atoms with Gasteiger partial charge in [0, 0.05) is 34.1 Å². The first-order valence-electron chi connectivity index (χ1n) is 8.73. The summed E-state index contributed by atoms with van der Waals surface area (Å²) in [6.45, 7) is 2.22. The molecule has 0 aliphatic rings. The molecular formula is C20H24N2O3S3. The van der Waals surface area contributed by atoms with Crippen molar-refractivity contribution in [1.82, 2.24) is 10.6 Å². The first kappa shape index (κ1) is 22.5. The summed E-state index contributed by atoms with van der Waals surface area (Å²) in [4.78, 5) is 26.4. The van der Waals surface area contributed by atoms with Crippen LogP contribution >= 0.6 is 33.3 Å². The molecule has 0 aliphatic heterocycles. The Morgan fingerprint density at radius 3 is 2.57 bits per heavy atom. The van der Waals surface area contributed by atoms with Gasteiger partial charge in [0.25, 0.3) is 5.91 Å². The molecule has 2 amide bonds. The van der Waals surface area contributed by atoms with Crippen molar-refractivity contribution < 1.29 is 14.7 Å². The third-order valence-corrected chi connectivity index (χ3v) is 6.85. The Bertz CT molecular complexity index is 788. The van der Waals surface area contributed by atoms with E-state index in [1.807, 2.05) is 36.6 Å². The molecule has 0 aromatic heterocycles. The quantitative estimate of drug-likeness (QED) is 0.299. The minimum absolute atomic E-state index is 0.0569. The average Bonchev–Trinajstić information content (AvgIpc) is 2.71. The molecule has 0 fully saturated rings. The number of carbonyl (C=O) groups is 2. The number of thioether (sulfide) groups is 1. The van der Waals surface area contributed by atoms with Gasteiger partial charge >= 0.3 is 0 Å². The SMILES string of the molecule is CSSCCNC(=O)[C@H](CSc1ccccc1)NC(=O)c1cccc(O)c1C. The van der Waals surface area contributed by atoms with Crippen LogP contribution in [0.5, 0.6) is 5.75 Å². The van der Waals surface area contributed by atoms with E-state index in [2.05, 4.69) is 10.6 Å². The molecule has 2 rings (SSSR count). The molecule has 0 spiro atoms. The summed E-state index contributed by atoms with van der Waals surface area (Å²) >= 11 is 1.51. The standard InChI is InChI=1S/C20H24N2O3S3/c1-14-16(9-6-10-18(14)23)19(24)22-17(20(25)21-11-12-28-26-2)13-27-15-7-4-3-5-8-15/h3-10,17,23H,11-13H2,1-2H3,(H,21,25)(H,22,24)/t17-/m0/s1. The van der Waals surface area contributed by atoms with Gasteiger partial charge in [0.15, 0.2) is 0 Å². The maximum absolute atomic E-state index is 12.7. The molecule has 0 saturated heterocycles. The van der Waals surface area contributed by atoms with Crippen molar-refractivity contribution in [2.45, 2.75) is 17.9 Å². The van der Waals surface area contributed by atoms with Crippen LogP contribution in [-0.2, 0) is 4.79 Å². The number of hydrogen-bond acceptors (Lipinski definition) is 6. The second kappa shape index (κ2) is 11.9. The molecule has 28 heavy (non-hydrogen) atoms. The van der Waals surface area contributed by atoms with E-state index in [4.69, 9.17) is 0 Å². The van der Waals surface area contributed by atoms with Crippen molar-refractivity contribution in [3.63, 3.8) is 0 Å². The van der Waals surface area contributed by atoms with E-state index < -0.39 is 6.04 Å². The Kier molecular flexibility index (Phi) is 9.60. The fraction of sp³-hybridized carbons (Fsp3) is 0.300. The Morgan fingerprint density at radius 1 is 1.11 bits per heavy atom. The van der Waals surface area contributed by atoms with E-state index in [1.165, 1.54) is 17.8 Å². The second-order valence-corrected chi connectivity index (χ2v) is 9.66. The van der Waals surface area contributed by atoms with Gasteiger partial charge in [-0.3, -0.25) is 9.59 Å². The van der Waals surface area contributed by atoms with Crippen LogP contribution in [0.25, 0.3) is 0 Å². The van der Waals surface area contributed by atoms with Crippen molar-refractivity contribution >= 4 is 45.2 Å². The van der Waals surface area contributed by atoms with Crippen LogP contribution in [0.1, 0.15) is 15.9 Å².